The Labute approximate surface area is 158 Å². The van der Waals surface area contributed by atoms with Gasteiger partial charge in [-0.3, -0.25) is 19.8 Å². The number of nitrogens with zero attached hydrogens (tertiary/aromatic N) is 2. The number of aryl methyl sites for hydroxylation is 1. The summed E-state index contributed by atoms with van der Waals surface area (Å²) in [5.41, 5.74) is 2.17. The Bertz CT molecular complexity index is 836. The molecule has 3 rings (SSSR count). The van der Waals surface area contributed by atoms with Gasteiger partial charge in [0.1, 0.15) is 5.75 Å². The Balaban J connectivity index is 1.66. The van der Waals surface area contributed by atoms with Crippen molar-refractivity contribution in [2.24, 2.45) is 0 Å². The molecule has 2 aromatic carbocycles. The average molecular weight is 369 g/mol. The number of likely N-dealkylation sites (tertiary alicyclic amines) is 1. The van der Waals surface area contributed by atoms with Crippen molar-refractivity contribution in [2.45, 2.75) is 25.8 Å². The first kappa shape index (κ1) is 18.8. The molecule has 27 heavy (non-hydrogen) atoms. The van der Waals surface area contributed by atoms with Gasteiger partial charge < -0.3 is 10.1 Å². The molecule has 1 heterocycles. The maximum atomic E-state index is 12.5. The summed E-state index contributed by atoms with van der Waals surface area (Å²) in [6.45, 7) is 2.77. The summed E-state index contributed by atoms with van der Waals surface area (Å²) in [5, 5.41) is 13.8. The summed E-state index contributed by atoms with van der Waals surface area (Å²) < 4.78 is 5.20. The number of benzene rings is 2. The number of nitro groups is 1. The van der Waals surface area contributed by atoms with Crippen LogP contribution in [-0.2, 0) is 4.79 Å². The number of rotatable bonds is 6. The number of methoxy groups -OCH3 is 1. The molecule has 1 aliphatic rings. The number of carbonyl (C=O) groups excluding carboxylic acids is 1. The van der Waals surface area contributed by atoms with E-state index in [0.717, 1.165) is 30.7 Å². The fourth-order valence-corrected chi connectivity index (χ4v) is 3.49. The molecule has 0 radical (unpaired) electrons. The molecule has 1 amide bonds. The van der Waals surface area contributed by atoms with Crippen molar-refractivity contribution < 1.29 is 14.5 Å². The zero-order valence-electron chi connectivity index (χ0n) is 15.5. The number of amides is 1. The Hall–Kier alpha value is -2.93. The maximum absolute atomic E-state index is 12.5. The standard InChI is InChI=1S/C20H23N3O4/c1-14-5-8-16(12-19(14)23(25)26)21-20(24)13-22-11-3-4-18(22)15-6-9-17(27-2)10-7-15/h5-10,12,18H,3-4,11,13H2,1-2H3,(H,21,24). The molecule has 1 saturated heterocycles. The van der Waals surface area contributed by atoms with E-state index in [1.54, 1.807) is 26.2 Å². The molecule has 1 fully saturated rings. The van der Waals surface area contributed by atoms with Gasteiger partial charge in [0, 0.05) is 23.4 Å². The van der Waals surface area contributed by atoms with Crippen LogP contribution in [0.1, 0.15) is 30.0 Å². The first-order chi connectivity index (χ1) is 13.0. The molecule has 7 nitrogen and oxygen atoms in total. The molecule has 1 aliphatic heterocycles. The van der Waals surface area contributed by atoms with Gasteiger partial charge >= 0.3 is 0 Å². The smallest absolute Gasteiger partial charge is 0.274 e. The third kappa shape index (κ3) is 4.43. The molecule has 2 aromatic rings. The third-order valence-electron chi connectivity index (χ3n) is 4.90. The van der Waals surface area contributed by atoms with Gasteiger partial charge in [0.25, 0.3) is 5.69 Å². The second kappa shape index (κ2) is 8.18. The van der Waals surface area contributed by atoms with Crippen molar-refractivity contribution in [1.82, 2.24) is 4.90 Å². The first-order valence-electron chi connectivity index (χ1n) is 8.91. The predicted octanol–water partition coefficient (Wildman–Crippen LogP) is 3.69. The van der Waals surface area contributed by atoms with Gasteiger partial charge in [0.05, 0.1) is 18.6 Å². The van der Waals surface area contributed by atoms with Crippen LogP contribution in [0.3, 0.4) is 0 Å². The Morgan fingerprint density at radius 1 is 1.30 bits per heavy atom. The largest absolute Gasteiger partial charge is 0.497 e. The summed E-state index contributed by atoms with van der Waals surface area (Å²) in [6.07, 6.45) is 2.02. The van der Waals surface area contributed by atoms with Crippen molar-refractivity contribution in [3.05, 3.63) is 63.7 Å². The zero-order chi connectivity index (χ0) is 19.4. The van der Waals surface area contributed by atoms with Crippen molar-refractivity contribution in [3.8, 4) is 5.75 Å². The normalized spacial score (nSPS) is 16.9. The molecule has 0 bridgehead atoms. The van der Waals surface area contributed by atoms with Crippen LogP contribution in [0, 0.1) is 17.0 Å². The van der Waals surface area contributed by atoms with Crippen molar-refractivity contribution in [3.63, 3.8) is 0 Å². The summed E-state index contributed by atoms with van der Waals surface area (Å²) in [5.74, 6) is 0.635. The molecule has 0 aliphatic carbocycles. The van der Waals surface area contributed by atoms with Crippen molar-refractivity contribution >= 4 is 17.3 Å². The SMILES string of the molecule is COc1ccc(C2CCCN2CC(=O)Nc2ccc(C)c([N+](=O)[O-])c2)cc1. The molecule has 1 unspecified atom stereocenters. The highest BCUT2D eigenvalue weighted by Crippen LogP contribution is 2.32. The Morgan fingerprint density at radius 3 is 2.70 bits per heavy atom. The minimum atomic E-state index is -0.439. The Morgan fingerprint density at radius 2 is 2.04 bits per heavy atom. The quantitative estimate of drug-likeness (QED) is 0.620. The number of nitrogens with one attached hydrogen (secondary N) is 1. The number of carbonyl (C=O) groups is 1. The monoisotopic (exact) mass is 369 g/mol. The number of ether oxygens (including phenoxy) is 1. The lowest BCUT2D eigenvalue weighted by atomic mass is 10.0. The van der Waals surface area contributed by atoms with E-state index in [1.807, 2.05) is 24.3 Å². The van der Waals surface area contributed by atoms with Crippen LogP contribution >= 0.6 is 0 Å². The van der Waals surface area contributed by atoms with E-state index >= 15 is 0 Å². The fourth-order valence-electron chi connectivity index (χ4n) is 3.49. The summed E-state index contributed by atoms with van der Waals surface area (Å²) in [6, 6.07) is 12.8. The zero-order valence-corrected chi connectivity index (χ0v) is 15.5. The van der Waals surface area contributed by atoms with E-state index in [-0.39, 0.29) is 24.2 Å². The number of hydrogen-bond donors (Lipinski definition) is 1. The predicted molar refractivity (Wildman–Crippen MR) is 103 cm³/mol. The minimum absolute atomic E-state index is 0.00471. The molecule has 142 valence electrons. The molecule has 0 aromatic heterocycles. The van der Waals surface area contributed by atoms with Crippen LogP contribution in [0.25, 0.3) is 0 Å². The highest BCUT2D eigenvalue weighted by Gasteiger charge is 2.27. The van der Waals surface area contributed by atoms with Crippen LogP contribution in [0.5, 0.6) is 5.75 Å². The topological polar surface area (TPSA) is 84.7 Å². The molecule has 0 saturated carbocycles. The van der Waals surface area contributed by atoms with Gasteiger partial charge in [-0.2, -0.15) is 0 Å². The van der Waals surface area contributed by atoms with Gasteiger partial charge in [-0.15, -0.1) is 0 Å². The van der Waals surface area contributed by atoms with Gasteiger partial charge in [-0.25, -0.2) is 0 Å². The molecule has 0 spiro atoms. The summed E-state index contributed by atoms with van der Waals surface area (Å²) >= 11 is 0. The molecule has 1 atom stereocenters. The van der Waals surface area contributed by atoms with Crippen molar-refractivity contribution in [1.29, 1.82) is 0 Å². The average Bonchev–Trinajstić information content (AvgIpc) is 3.11. The minimum Gasteiger partial charge on any atom is -0.497 e. The van der Waals surface area contributed by atoms with Crippen LogP contribution in [0.4, 0.5) is 11.4 Å². The lowest BCUT2D eigenvalue weighted by molar-refractivity contribution is -0.385. The van der Waals surface area contributed by atoms with Gasteiger partial charge in [-0.1, -0.05) is 18.2 Å². The van der Waals surface area contributed by atoms with E-state index < -0.39 is 4.92 Å². The van der Waals surface area contributed by atoms with Crippen LogP contribution in [0.2, 0.25) is 0 Å². The third-order valence-corrected chi connectivity index (χ3v) is 4.90. The second-order valence-electron chi connectivity index (χ2n) is 6.71. The van der Waals surface area contributed by atoms with E-state index in [1.165, 1.54) is 6.07 Å². The summed E-state index contributed by atoms with van der Waals surface area (Å²) in [7, 11) is 1.64. The van der Waals surface area contributed by atoms with E-state index in [2.05, 4.69) is 10.2 Å². The molecular weight excluding hydrogens is 346 g/mol. The number of hydrogen-bond acceptors (Lipinski definition) is 5. The molecule has 1 N–H and O–H groups in total. The first-order valence-corrected chi connectivity index (χ1v) is 8.91. The van der Waals surface area contributed by atoms with Crippen LogP contribution in [-0.4, -0.2) is 35.9 Å². The van der Waals surface area contributed by atoms with E-state index in [4.69, 9.17) is 4.74 Å². The molecule has 7 heteroatoms. The van der Waals surface area contributed by atoms with Gasteiger partial charge in [0.2, 0.25) is 5.91 Å². The second-order valence-corrected chi connectivity index (χ2v) is 6.71. The summed E-state index contributed by atoms with van der Waals surface area (Å²) in [4.78, 5) is 25.2. The van der Waals surface area contributed by atoms with Crippen LogP contribution in [0.15, 0.2) is 42.5 Å². The maximum Gasteiger partial charge on any atom is 0.274 e. The lowest BCUT2D eigenvalue weighted by Crippen LogP contribution is -2.32. The van der Waals surface area contributed by atoms with Gasteiger partial charge in [0.15, 0.2) is 0 Å². The van der Waals surface area contributed by atoms with Gasteiger partial charge in [-0.05, 0) is 50.1 Å². The molecular formula is C20H23N3O4. The highest BCUT2D eigenvalue weighted by atomic mass is 16.6. The highest BCUT2D eigenvalue weighted by molar-refractivity contribution is 5.92. The van der Waals surface area contributed by atoms with E-state index in [9.17, 15) is 14.9 Å². The fraction of sp³-hybridized carbons (Fsp3) is 0.350. The number of anilines is 1. The Kier molecular flexibility index (Phi) is 5.71. The van der Waals surface area contributed by atoms with E-state index in [0.29, 0.717) is 11.3 Å². The van der Waals surface area contributed by atoms with Crippen molar-refractivity contribution in [2.75, 3.05) is 25.5 Å². The van der Waals surface area contributed by atoms with Crippen LogP contribution < -0.4 is 10.1 Å². The lowest BCUT2D eigenvalue weighted by Gasteiger charge is -2.24. The number of nitro benzene ring substituents is 1.